The van der Waals surface area contributed by atoms with Crippen molar-refractivity contribution in [1.29, 1.82) is 0 Å². The molecule has 2 rings (SSSR count). The average Bonchev–Trinajstić information content (AvgIpc) is 2.29. The molecule has 1 unspecified atom stereocenters. The smallest absolute Gasteiger partial charge is 0.106 e. The third-order valence-electron chi connectivity index (χ3n) is 2.28. The Labute approximate surface area is 88.4 Å². The van der Waals surface area contributed by atoms with Gasteiger partial charge in [0.1, 0.15) is 6.10 Å². The molecule has 0 aliphatic rings. The molecule has 1 heterocycles. The Kier molecular flexibility index (Phi) is 2.74. The van der Waals surface area contributed by atoms with Crippen molar-refractivity contribution in [3.05, 3.63) is 59.4 Å². The molecule has 0 aliphatic heterocycles. The van der Waals surface area contributed by atoms with E-state index in [4.69, 9.17) is 0 Å². The Morgan fingerprint density at radius 2 is 2.00 bits per heavy atom. The van der Waals surface area contributed by atoms with Crippen LogP contribution in [0.1, 0.15) is 22.8 Å². The minimum absolute atomic E-state index is 0.625. The second-order valence-electron chi connectivity index (χ2n) is 3.49. The molecule has 3 heteroatoms. The van der Waals surface area contributed by atoms with Crippen LogP contribution in [0.4, 0.5) is 0 Å². The van der Waals surface area contributed by atoms with Crippen molar-refractivity contribution < 1.29 is 5.11 Å². The van der Waals surface area contributed by atoms with Gasteiger partial charge in [-0.3, -0.25) is 0 Å². The highest BCUT2D eigenvalue weighted by Crippen LogP contribution is 2.20. The highest BCUT2D eigenvalue weighted by molar-refractivity contribution is 5.30. The number of rotatable bonds is 2. The SMILES string of the molecule is Cc1cccc(C(O)c2ccnnc2)c1. The number of hydrogen-bond donors (Lipinski definition) is 1. The van der Waals surface area contributed by atoms with Crippen molar-refractivity contribution in [1.82, 2.24) is 10.2 Å². The first-order chi connectivity index (χ1) is 7.27. The molecule has 0 spiro atoms. The van der Waals surface area contributed by atoms with Crippen LogP contribution in [0.15, 0.2) is 42.7 Å². The molecule has 1 aromatic heterocycles. The summed E-state index contributed by atoms with van der Waals surface area (Å²) in [4.78, 5) is 0. The molecule has 0 saturated carbocycles. The molecule has 1 atom stereocenters. The molecule has 15 heavy (non-hydrogen) atoms. The summed E-state index contributed by atoms with van der Waals surface area (Å²) in [5.41, 5.74) is 2.77. The normalized spacial score (nSPS) is 12.4. The fourth-order valence-electron chi connectivity index (χ4n) is 1.50. The van der Waals surface area contributed by atoms with Crippen LogP contribution in [0.3, 0.4) is 0 Å². The van der Waals surface area contributed by atoms with Gasteiger partial charge in [0.25, 0.3) is 0 Å². The van der Waals surface area contributed by atoms with Crippen molar-refractivity contribution in [2.24, 2.45) is 0 Å². The van der Waals surface area contributed by atoms with Crippen LogP contribution >= 0.6 is 0 Å². The van der Waals surface area contributed by atoms with E-state index in [1.807, 2.05) is 31.2 Å². The van der Waals surface area contributed by atoms with Crippen LogP contribution in [0.25, 0.3) is 0 Å². The lowest BCUT2D eigenvalue weighted by atomic mass is 10.0. The maximum absolute atomic E-state index is 10.0. The second kappa shape index (κ2) is 4.19. The van der Waals surface area contributed by atoms with E-state index in [-0.39, 0.29) is 0 Å². The van der Waals surface area contributed by atoms with E-state index in [9.17, 15) is 5.11 Å². The molecule has 0 bridgehead atoms. The molecule has 0 aliphatic carbocycles. The van der Waals surface area contributed by atoms with Crippen molar-refractivity contribution in [2.45, 2.75) is 13.0 Å². The van der Waals surface area contributed by atoms with Crippen molar-refractivity contribution >= 4 is 0 Å². The van der Waals surface area contributed by atoms with Gasteiger partial charge in [0.15, 0.2) is 0 Å². The van der Waals surface area contributed by atoms with Crippen LogP contribution in [-0.4, -0.2) is 15.3 Å². The second-order valence-corrected chi connectivity index (χ2v) is 3.49. The first-order valence-corrected chi connectivity index (χ1v) is 4.78. The van der Waals surface area contributed by atoms with Gasteiger partial charge >= 0.3 is 0 Å². The highest BCUT2D eigenvalue weighted by Gasteiger charge is 2.09. The Morgan fingerprint density at radius 3 is 2.67 bits per heavy atom. The first-order valence-electron chi connectivity index (χ1n) is 4.78. The summed E-state index contributed by atoms with van der Waals surface area (Å²) >= 11 is 0. The topological polar surface area (TPSA) is 46.0 Å². The molecule has 3 nitrogen and oxygen atoms in total. The molecule has 1 N–H and O–H groups in total. The lowest BCUT2D eigenvalue weighted by Crippen LogP contribution is -2.00. The summed E-state index contributed by atoms with van der Waals surface area (Å²) in [5.74, 6) is 0. The molecule has 0 radical (unpaired) electrons. The third-order valence-corrected chi connectivity index (χ3v) is 2.28. The molecule has 76 valence electrons. The molecule has 0 saturated heterocycles. The van der Waals surface area contributed by atoms with E-state index in [2.05, 4.69) is 10.2 Å². The fourth-order valence-corrected chi connectivity index (χ4v) is 1.50. The largest absolute Gasteiger partial charge is 0.384 e. The fraction of sp³-hybridized carbons (Fsp3) is 0.167. The summed E-state index contributed by atoms with van der Waals surface area (Å²) in [7, 11) is 0. The quantitative estimate of drug-likeness (QED) is 0.804. The summed E-state index contributed by atoms with van der Waals surface area (Å²) in [5, 5.41) is 17.5. The Balaban J connectivity index is 2.32. The van der Waals surface area contributed by atoms with E-state index in [0.29, 0.717) is 0 Å². The van der Waals surface area contributed by atoms with Crippen LogP contribution in [0.5, 0.6) is 0 Å². The van der Waals surface area contributed by atoms with Gasteiger partial charge in [-0.05, 0) is 18.6 Å². The van der Waals surface area contributed by atoms with Crippen LogP contribution < -0.4 is 0 Å². The van der Waals surface area contributed by atoms with E-state index >= 15 is 0 Å². The number of aromatic nitrogens is 2. The Morgan fingerprint density at radius 1 is 1.13 bits per heavy atom. The van der Waals surface area contributed by atoms with Crippen LogP contribution in [0.2, 0.25) is 0 Å². The molecule has 0 fully saturated rings. The zero-order chi connectivity index (χ0) is 10.7. The number of nitrogens with zero attached hydrogens (tertiary/aromatic N) is 2. The standard InChI is InChI=1S/C12H12N2O/c1-9-3-2-4-10(7-9)12(15)11-5-6-13-14-8-11/h2-8,12,15H,1H3. The zero-order valence-electron chi connectivity index (χ0n) is 8.46. The molecule has 1 aromatic carbocycles. The molecule has 2 aromatic rings. The van der Waals surface area contributed by atoms with E-state index in [0.717, 1.165) is 16.7 Å². The average molecular weight is 200 g/mol. The predicted molar refractivity (Wildman–Crippen MR) is 57.3 cm³/mol. The van der Waals surface area contributed by atoms with Crippen LogP contribution in [-0.2, 0) is 0 Å². The van der Waals surface area contributed by atoms with Gasteiger partial charge in [-0.1, -0.05) is 29.8 Å². The maximum Gasteiger partial charge on any atom is 0.106 e. The number of hydrogen-bond acceptors (Lipinski definition) is 3. The molecular weight excluding hydrogens is 188 g/mol. The lowest BCUT2D eigenvalue weighted by molar-refractivity contribution is 0.219. The minimum Gasteiger partial charge on any atom is -0.384 e. The van der Waals surface area contributed by atoms with E-state index in [1.54, 1.807) is 18.5 Å². The predicted octanol–water partition coefficient (Wildman–Crippen LogP) is 1.87. The van der Waals surface area contributed by atoms with E-state index < -0.39 is 6.10 Å². The van der Waals surface area contributed by atoms with Gasteiger partial charge in [0.05, 0.1) is 6.20 Å². The van der Waals surface area contributed by atoms with Gasteiger partial charge in [0, 0.05) is 11.8 Å². The Bertz CT molecular complexity index is 442. The van der Waals surface area contributed by atoms with E-state index in [1.165, 1.54) is 0 Å². The number of benzene rings is 1. The first kappa shape index (κ1) is 9.80. The van der Waals surface area contributed by atoms with Crippen molar-refractivity contribution in [3.63, 3.8) is 0 Å². The highest BCUT2D eigenvalue weighted by atomic mass is 16.3. The zero-order valence-corrected chi connectivity index (χ0v) is 8.46. The van der Waals surface area contributed by atoms with Gasteiger partial charge in [-0.15, -0.1) is 0 Å². The van der Waals surface area contributed by atoms with Crippen molar-refractivity contribution in [2.75, 3.05) is 0 Å². The lowest BCUT2D eigenvalue weighted by Gasteiger charge is -2.10. The molecule has 0 amide bonds. The molecular formula is C12H12N2O. The van der Waals surface area contributed by atoms with Gasteiger partial charge < -0.3 is 5.11 Å². The van der Waals surface area contributed by atoms with Gasteiger partial charge in [0.2, 0.25) is 0 Å². The number of aliphatic hydroxyl groups excluding tert-OH is 1. The third kappa shape index (κ3) is 2.19. The summed E-state index contributed by atoms with van der Waals surface area (Å²) in [6, 6.07) is 9.56. The van der Waals surface area contributed by atoms with Crippen LogP contribution in [0, 0.1) is 6.92 Å². The summed E-state index contributed by atoms with van der Waals surface area (Å²) in [6.45, 7) is 2.00. The summed E-state index contributed by atoms with van der Waals surface area (Å²) in [6.07, 6.45) is 2.53. The van der Waals surface area contributed by atoms with Gasteiger partial charge in [-0.25, -0.2) is 0 Å². The minimum atomic E-state index is -0.625. The number of aryl methyl sites for hydroxylation is 1. The maximum atomic E-state index is 10.0. The monoisotopic (exact) mass is 200 g/mol. The number of aliphatic hydroxyl groups is 1. The summed E-state index contributed by atoms with van der Waals surface area (Å²) < 4.78 is 0. The van der Waals surface area contributed by atoms with Gasteiger partial charge in [-0.2, -0.15) is 10.2 Å². The Hall–Kier alpha value is -1.74. The van der Waals surface area contributed by atoms with Crippen molar-refractivity contribution in [3.8, 4) is 0 Å².